The minimum absolute atomic E-state index is 0.340. The molecule has 0 N–H and O–H groups in total. The average Bonchev–Trinajstić information content (AvgIpc) is 2.46. The first-order valence-electron chi connectivity index (χ1n) is 7.38. The van der Waals surface area contributed by atoms with Crippen molar-refractivity contribution in [3.8, 4) is 0 Å². The summed E-state index contributed by atoms with van der Waals surface area (Å²) in [4.78, 5) is 0. The molecule has 0 amide bonds. The second-order valence-electron chi connectivity index (χ2n) is 5.10. The zero-order chi connectivity index (χ0) is 12.7. The van der Waals surface area contributed by atoms with E-state index in [1.807, 2.05) is 0 Å². The Kier molecular flexibility index (Phi) is 5.89. The Morgan fingerprint density at radius 3 is 2.22 bits per heavy atom. The Bertz CT molecular complexity index is 220. The van der Waals surface area contributed by atoms with Gasteiger partial charge in [-0.1, -0.05) is 26.2 Å². The van der Waals surface area contributed by atoms with Crippen molar-refractivity contribution in [3.05, 3.63) is 0 Å². The lowest BCUT2D eigenvalue weighted by Gasteiger charge is -2.43. The summed E-state index contributed by atoms with van der Waals surface area (Å²) in [6.45, 7) is 5.20. The summed E-state index contributed by atoms with van der Waals surface area (Å²) >= 11 is 0. The molecule has 0 unspecified atom stereocenters. The molecular weight excluding hydrogens is 232 g/mol. The van der Waals surface area contributed by atoms with Gasteiger partial charge in [-0.15, -0.1) is 0 Å². The van der Waals surface area contributed by atoms with E-state index in [0.29, 0.717) is 0 Å². The zero-order valence-electron chi connectivity index (χ0n) is 11.5. The highest BCUT2D eigenvalue weighted by Gasteiger charge is 2.45. The van der Waals surface area contributed by atoms with Gasteiger partial charge in [-0.25, -0.2) is 0 Å². The van der Waals surface area contributed by atoms with Crippen LogP contribution in [0, 0.1) is 0 Å². The van der Waals surface area contributed by atoms with E-state index < -0.39 is 5.79 Å². The highest BCUT2D eigenvalue weighted by Crippen LogP contribution is 2.33. The minimum Gasteiger partial charge on any atom is -0.348 e. The molecule has 0 aromatic heterocycles. The second kappa shape index (κ2) is 7.43. The van der Waals surface area contributed by atoms with Crippen LogP contribution in [-0.4, -0.2) is 38.5 Å². The molecule has 0 radical (unpaired) electrons. The Labute approximate surface area is 110 Å². The standard InChI is InChI=1S/C14H26O4/c1-2-3-4-5-8-14(17-11-7-12-18-14)13-15-9-6-10-16-13/h13H,2-12H2,1H3. The highest BCUT2D eigenvalue weighted by atomic mass is 16.8. The molecule has 4 heteroatoms. The molecule has 0 spiro atoms. The summed E-state index contributed by atoms with van der Waals surface area (Å²) in [5.74, 6) is -0.646. The van der Waals surface area contributed by atoms with Crippen LogP contribution in [0.4, 0.5) is 0 Å². The van der Waals surface area contributed by atoms with E-state index in [1.54, 1.807) is 0 Å². The molecular formula is C14H26O4. The lowest BCUT2D eigenvalue weighted by molar-refractivity contribution is -0.381. The van der Waals surface area contributed by atoms with Crippen molar-refractivity contribution in [3.63, 3.8) is 0 Å². The fourth-order valence-electron chi connectivity index (χ4n) is 2.53. The number of unbranched alkanes of at least 4 members (excludes halogenated alkanes) is 3. The molecule has 106 valence electrons. The predicted molar refractivity (Wildman–Crippen MR) is 68.3 cm³/mol. The van der Waals surface area contributed by atoms with E-state index >= 15 is 0 Å². The first kappa shape index (κ1) is 14.3. The van der Waals surface area contributed by atoms with Gasteiger partial charge >= 0.3 is 0 Å². The van der Waals surface area contributed by atoms with E-state index in [4.69, 9.17) is 18.9 Å². The van der Waals surface area contributed by atoms with Crippen molar-refractivity contribution < 1.29 is 18.9 Å². The summed E-state index contributed by atoms with van der Waals surface area (Å²) in [5.41, 5.74) is 0. The third-order valence-electron chi connectivity index (χ3n) is 3.55. The maximum Gasteiger partial charge on any atom is 0.220 e. The van der Waals surface area contributed by atoms with Gasteiger partial charge in [-0.05, 0) is 19.3 Å². The van der Waals surface area contributed by atoms with Gasteiger partial charge < -0.3 is 18.9 Å². The van der Waals surface area contributed by atoms with Crippen LogP contribution in [0.3, 0.4) is 0 Å². The van der Waals surface area contributed by atoms with Gasteiger partial charge in [0, 0.05) is 6.42 Å². The maximum absolute atomic E-state index is 5.91. The van der Waals surface area contributed by atoms with Crippen molar-refractivity contribution >= 4 is 0 Å². The third kappa shape index (κ3) is 3.67. The molecule has 0 bridgehead atoms. The predicted octanol–water partition coefficient (Wildman–Crippen LogP) is 2.85. The number of hydrogen-bond donors (Lipinski definition) is 0. The lowest BCUT2D eigenvalue weighted by Crippen LogP contribution is -2.54. The van der Waals surface area contributed by atoms with Gasteiger partial charge in [0.15, 0.2) is 0 Å². The topological polar surface area (TPSA) is 36.9 Å². The first-order chi connectivity index (χ1) is 8.87. The SMILES string of the molecule is CCCCCCC1(C2OCCCO2)OCCCO1. The maximum atomic E-state index is 5.91. The molecule has 2 heterocycles. The Morgan fingerprint density at radius 1 is 0.889 bits per heavy atom. The molecule has 2 aliphatic heterocycles. The van der Waals surface area contributed by atoms with Crippen molar-refractivity contribution in [2.45, 2.75) is 63.9 Å². The van der Waals surface area contributed by atoms with Gasteiger partial charge in [0.05, 0.1) is 26.4 Å². The first-order valence-corrected chi connectivity index (χ1v) is 7.38. The van der Waals surface area contributed by atoms with Gasteiger partial charge in [0.1, 0.15) is 0 Å². The van der Waals surface area contributed by atoms with Crippen LogP contribution in [0.1, 0.15) is 51.9 Å². The van der Waals surface area contributed by atoms with Gasteiger partial charge in [0.25, 0.3) is 0 Å². The van der Waals surface area contributed by atoms with Gasteiger partial charge in [-0.2, -0.15) is 0 Å². The summed E-state index contributed by atoms with van der Waals surface area (Å²) in [6, 6.07) is 0. The zero-order valence-corrected chi connectivity index (χ0v) is 11.5. The van der Waals surface area contributed by atoms with Gasteiger partial charge in [0.2, 0.25) is 12.1 Å². The molecule has 18 heavy (non-hydrogen) atoms. The normalized spacial score (nSPS) is 25.2. The number of hydrogen-bond acceptors (Lipinski definition) is 4. The molecule has 0 aromatic carbocycles. The van der Waals surface area contributed by atoms with Crippen LogP contribution in [0.2, 0.25) is 0 Å². The van der Waals surface area contributed by atoms with Crippen LogP contribution in [0.5, 0.6) is 0 Å². The van der Waals surface area contributed by atoms with E-state index in [9.17, 15) is 0 Å². The molecule has 2 rings (SSSR count). The third-order valence-corrected chi connectivity index (χ3v) is 3.55. The highest BCUT2D eigenvalue weighted by molar-refractivity contribution is 4.79. The fourth-order valence-corrected chi connectivity index (χ4v) is 2.53. The minimum atomic E-state index is -0.646. The lowest BCUT2D eigenvalue weighted by atomic mass is 10.0. The van der Waals surface area contributed by atoms with Crippen molar-refractivity contribution in [1.29, 1.82) is 0 Å². The molecule has 2 aliphatic rings. The summed E-state index contributed by atoms with van der Waals surface area (Å²) in [6.07, 6.45) is 7.29. The smallest absolute Gasteiger partial charge is 0.220 e. The quantitative estimate of drug-likeness (QED) is 0.686. The molecule has 0 aliphatic carbocycles. The Balaban J connectivity index is 1.88. The van der Waals surface area contributed by atoms with E-state index in [1.165, 1.54) is 19.3 Å². The molecule has 0 aromatic rings. The summed E-state index contributed by atoms with van der Waals surface area (Å²) in [5, 5.41) is 0. The van der Waals surface area contributed by atoms with E-state index in [-0.39, 0.29) is 6.29 Å². The monoisotopic (exact) mass is 258 g/mol. The van der Waals surface area contributed by atoms with Gasteiger partial charge in [-0.3, -0.25) is 0 Å². The number of ether oxygens (including phenoxy) is 4. The Morgan fingerprint density at radius 2 is 1.56 bits per heavy atom. The largest absolute Gasteiger partial charge is 0.348 e. The van der Waals surface area contributed by atoms with Crippen LogP contribution in [0.25, 0.3) is 0 Å². The summed E-state index contributed by atoms with van der Waals surface area (Å²) < 4.78 is 23.2. The number of rotatable bonds is 6. The fraction of sp³-hybridized carbons (Fsp3) is 1.00. The van der Waals surface area contributed by atoms with Crippen molar-refractivity contribution in [2.75, 3.05) is 26.4 Å². The molecule has 2 saturated heterocycles. The second-order valence-corrected chi connectivity index (χ2v) is 5.10. The molecule has 0 saturated carbocycles. The van der Waals surface area contributed by atoms with Crippen LogP contribution in [-0.2, 0) is 18.9 Å². The van der Waals surface area contributed by atoms with Crippen molar-refractivity contribution in [1.82, 2.24) is 0 Å². The Hall–Kier alpha value is -0.160. The van der Waals surface area contributed by atoms with Crippen LogP contribution in [0.15, 0.2) is 0 Å². The molecule has 4 nitrogen and oxygen atoms in total. The van der Waals surface area contributed by atoms with E-state index in [0.717, 1.165) is 52.1 Å². The molecule has 2 fully saturated rings. The van der Waals surface area contributed by atoms with Crippen molar-refractivity contribution in [2.24, 2.45) is 0 Å². The van der Waals surface area contributed by atoms with E-state index in [2.05, 4.69) is 6.92 Å². The summed E-state index contributed by atoms with van der Waals surface area (Å²) in [7, 11) is 0. The average molecular weight is 258 g/mol. The molecule has 0 atom stereocenters. The van der Waals surface area contributed by atoms with Crippen LogP contribution >= 0.6 is 0 Å². The van der Waals surface area contributed by atoms with Crippen LogP contribution < -0.4 is 0 Å².